The van der Waals surface area contributed by atoms with Crippen LogP contribution in [0.3, 0.4) is 0 Å². The second-order valence-corrected chi connectivity index (χ2v) is 6.29. The van der Waals surface area contributed by atoms with Gasteiger partial charge in [0.15, 0.2) is 5.96 Å². The first kappa shape index (κ1) is 24.3. The number of hydrogen-bond donors (Lipinski definition) is 1. The Labute approximate surface area is 180 Å². The van der Waals surface area contributed by atoms with Crippen LogP contribution in [0.4, 0.5) is 13.2 Å². The molecule has 2 rings (SSSR count). The first-order valence-corrected chi connectivity index (χ1v) is 8.53. The number of benzene rings is 1. The van der Waals surface area contributed by atoms with Gasteiger partial charge < -0.3 is 19.5 Å². The van der Waals surface area contributed by atoms with E-state index in [0.29, 0.717) is 12.1 Å². The van der Waals surface area contributed by atoms with Gasteiger partial charge in [-0.25, -0.2) is 0 Å². The fourth-order valence-electron chi connectivity index (χ4n) is 2.58. The molecule has 1 aromatic carbocycles. The van der Waals surface area contributed by atoms with Crippen molar-refractivity contribution in [1.29, 1.82) is 0 Å². The number of rotatable bonds is 7. The molecule has 1 N–H and O–H groups in total. The number of guanidine groups is 1. The fraction of sp³-hybridized carbons (Fsp3) is 0.421. The van der Waals surface area contributed by atoms with Gasteiger partial charge in [-0.1, -0.05) is 24.3 Å². The quantitative estimate of drug-likeness (QED) is 0.349. The Balaban J connectivity index is 0.00000392. The van der Waals surface area contributed by atoms with Crippen molar-refractivity contribution in [2.24, 2.45) is 12.0 Å². The first-order valence-electron chi connectivity index (χ1n) is 8.53. The zero-order valence-corrected chi connectivity index (χ0v) is 18.5. The van der Waals surface area contributed by atoms with E-state index in [1.165, 1.54) is 5.69 Å². The molecule has 0 atom stereocenters. The highest BCUT2D eigenvalue weighted by atomic mass is 127. The Bertz CT molecular complexity index is 744. The molecular formula is C19H26F3IN4O. The van der Waals surface area contributed by atoms with Crippen molar-refractivity contribution in [3.8, 4) is 0 Å². The zero-order valence-electron chi connectivity index (χ0n) is 16.2. The van der Waals surface area contributed by atoms with Crippen LogP contribution in [0.15, 0.2) is 47.6 Å². The van der Waals surface area contributed by atoms with Crippen LogP contribution in [-0.4, -0.2) is 42.3 Å². The molecule has 0 spiro atoms. The summed E-state index contributed by atoms with van der Waals surface area (Å²) in [5, 5.41) is 3.29. The lowest BCUT2D eigenvalue weighted by atomic mass is 10.1. The van der Waals surface area contributed by atoms with Crippen LogP contribution in [-0.2, 0) is 31.5 Å². The molecule has 0 amide bonds. The second-order valence-electron chi connectivity index (χ2n) is 6.29. The molecule has 0 bridgehead atoms. The van der Waals surface area contributed by atoms with Gasteiger partial charge in [0.25, 0.3) is 0 Å². The van der Waals surface area contributed by atoms with Gasteiger partial charge in [0.1, 0.15) is 6.61 Å². The minimum absolute atomic E-state index is 0. The van der Waals surface area contributed by atoms with Gasteiger partial charge in [0.05, 0.1) is 13.2 Å². The standard InChI is InChI=1S/C19H25F3N4O.HI/c1-23-18(26(3)12-17-5-4-10-25(17)2)24-11-15-6-8-16(9-7-15)13-27-14-19(20,21)22;/h4-10H,11-14H2,1-3H3,(H,23,24);1H. The lowest BCUT2D eigenvalue weighted by molar-refractivity contribution is -0.176. The third-order valence-corrected chi connectivity index (χ3v) is 4.03. The third-order valence-electron chi connectivity index (χ3n) is 4.03. The average molecular weight is 510 g/mol. The molecule has 1 aromatic heterocycles. The summed E-state index contributed by atoms with van der Waals surface area (Å²) in [5.41, 5.74) is 2.87. The summed E-state index contributed by atoms with van der Waals surface area (Å²) in [6, 6.07) is 11.3. The average Bonchev–Trinajstić information content (AvgIpc) is 3.00. The number of hydrogen-bond acceptors (Lipinski definition) is 2. The maximum atomic E-state index is 12.1. The molecule has 28 heavy (non-hydrogen) atoms. The molecule has 156 valence electrons. The predicted octanol–water partition coefficient (Wildman–Crippen LogP) is 3.93. The number of aliphatic imine (C=N–C) groups is 1. The summed E-state index contributed by atoms with van der Waals surface area (Å²) in [6.07, 6.45) is -2.30. The second kappa shape index (κ2) is 11.3. The van der Waals surface area contributed by atoms with E-state index in [9.17, 15) is 13.2 Å². The smallest absolute Gasteiger partial charge is 0.367 e. The Morgan fingerprint density at radius 2 is 1.82 bits per heavy atom. The summed E-state index contributed by atoms with van der Waals surface area (Å²) in [7, 11) is 5.69. The molecular weight excluding hydrogens is 484 g/mol. The number of ether oxygens (including phenoxy) is 1. The molecule has 0 radical (unpaired) electrons. The van der Waals surface area contributed by atoms with Crippen LogP contribution in [0.2, 0.25) is 0 Å². The van der Waals surface area contributed by atoms with E-state index in [0.717, 1.165) is 18.1 Å². The summed E-state index contributed by atoms with van der Waals surface area (Å²) < 4.78 is 43.0. The summed E-state index contributed by atoms with van der Waals surface area (Å²) in [6.45, 7) is -0.0130. The molecule has 0 aliphatic carbocycles. The van der Waals surface area contributed by atoms with Crippen molar-refractivity contribution in [3.63, 3.8) is 0 Å². The molecule has 0 aliphatic heterocycles. The SMILES string of the molecule is CN=C(NCc1ccc(COCC(F)(F)F)cc1)N(C)Cc1cccn1C.I. The van der Waals surface area contributed by atoms with E-state index in [1.807, 2.05) is 43.4 Å². The number of nitrogens with zero attached hydrogens (tertiary/aromatic N) is 3. The van der Waals surface area contributed by atoms with Crippen LogP contribution in [0.1, 0.15) is 16.8 Å². The summed E-state index contributed by atoms with van der Waals surface area (Å²) in [4.78, 5) is 6.31. The lowest BCUT2D eigenvalue weighted by Gasteiger charge is -2.22. The van der Waals surface area contributed by atoms with Gasteiger partial charge in [-0.15, -0.1) is 24.0 Å². The number of aromatic nitrogens is 1. The summed E-state index contributed by atoms with van der Waals surface area (Å²) >= 11 is 0. The van der Waals surface area contributed by atoms with E-state index in [-0.39, 0.29) is 30.6 Å². The van der Waals surface area contributed by atoms with E-state index in [4.69, 9.17) is 0 Å². The zero-order chi connectivity index (χ0) is 19.9. The molecule has 5 nitrogen and oxygen atoms in total. The Morgan fingerprint density at radius 3 is 2.36 bits per heavy atom. The van der Waals surface area contributed by atoms with Gasteiger partial charge in [-0.2, -0.15) is 13.2 Å². The van der Waals surface area contributed by atoms with E-state index < -0.39 is 12.8 Å². The number of alkyl halides is 3. The fourth-order valence-corrected chi connectivity index (χ4v) is 2.58. The number of halogens is 4. The van der Waals surface area contributed by atoms with Crippen molar-refractivity contribution in [2.45, 2.75) is 25.9 Å². The van der Waals surface area contributed by atoms with Gasteiger partial charge in [-0.3, -0.25) is 4.99 Å². The van der Waals surface area contributed by atoms with E-state index in [1.54, 1.807) is 19.2 Å². The minimum Gasteiger partial charge on any atom is -0.367 e. The normalized spacial score (nSPS) is 11.9. The largest absolute Gasteiger partial charge is 0.411 e. The Kier molecular flexibility index (Phi) is 9.80. The highest BCUT2D eigenvalue weighted by molar-refractivity contribution is 14.0. The Hall–Kier alpha value is -1.75. The molecule has 0 aliphatic rings. The van der Waals surface area contributed by atoms with E-state index >= 15 is 0 Å². The maximum absolute atomic E-state index is 12.1. The summed E-state index contributed by atoms with van der Waals surface area (Å²) in [5.74, 6) is 0.758. The predicted molar refractivity (Wildman–Crippen MR) is 115 cm³/mol. The van der Waals surface area contributed by atoms with Crippen molar-refractivity contribution < 1.29 is 17.9 Å². The molecule has 0 fully saturated rings. The lowest BCUT2D eigenvalue weighted by Crippen LogP contribution is -2.38. The van der Waals surface area contributed by atoms with Crippen LogP contribution in [0.25, 0.3) is 0 Å². The number of aryl methyl sites for hydroxylation is 1. The highest BCUT2D eigenvalue weighted by Crippen LogP contribution is 2.16. The minimum atomic E-state index is -4.30. The van der Waals surface area contributed by atoms with Crippen LogP contribution >= 0.6 is 24.0 Å². The molecule has 0 saturated heterocycles. The van der Waals surface area contributed by atoms with Crippen molar-refractivity contribution in [2.75, 3.05) is 20.7 Å². The van der Waals surface area contributed by atoms with Gasteiger partial charge in [0.2, 0.25) is 0 Å². The van der Waals surface area contributed by atoms with Crippen LogP contribution in [0, 0.1) is 0 Å². The van der Waals surface area contributed by atoms with Crippen molar-refractivity contribution in [1.82, 2.24) is 14.8 Å². The first-order chi connectivity index (χ1) is 12.8. The number of nitrogens with one attached hydrogen (secondary N) is 1. The topological polar surface area (TPSA) is 41.8 Å². The third kappa shape index (κ3) is 8.09. The van der Waals surface area contributed by atoms with Crippen molar-refractivity contribution in [3.05, 3.63) is 59.4 Å². The van der Waals surface area contributed by atoms with Gasteiger partial charge in [-0.05, 0) is 23.3 Å². The molecule has 0 unspecified atom stereocenters. The Morgan fingerprint density at radius 1 is 1.18 bits per heavy atom. The molecule has 9 heteroatoms. The monoisotopic (exact) mass is 510 g/mol. The van der Waals surface area contributed by atoms with Crippen molar-refractivity contribution >= 4 is 29.9 Å². The highest BCUT2D eigenvalue weighted by Gasteiger charge is 2.27. The molecule has 1 heterocycles. The van der Waals surface area contributed by atoms with Gasteiger partial charge in [0, 0.05) is 39.6 Å². The molecule has 0 saturated carbocycles. The van der Waals surface area contributed by atoms with E-state index in [2.05, 4.69) is 25.7 Å². The molecule has 2 aromatic rings. The van der Waals surface area contributed by atoms with Crippen LogP contribution < -0.4 is 5.32 Å². The van der Waals surface area contributed by atoms with Crippen LogP contribution in [0.5, 0.6) is 0 Å². The maximum Gasteiger partial charge on any atom is 0.411 e. The van der Waals surface area contributed by atoms with Gasteiger partial charge >= 0.3 is 6.18 Å².